The lowest BCUT2D eigenvalue weighted by Gasteiger charge is -2.20. The lowest BCUT2D eigenvalue weighted by molar-refractivity contribution is -0.143. The maximum atomic E-state index is 13.3. The number of hydrogen-bond donors (Lipinski definition) is 1. The molecule has 3 rings (SSSR count). The summed E-state index contributed by atoms with van der Waals surface area (Å²) in [7, 11) is 0. The summed E-state index contributed by atoms with van der Waals surface area (Å²) < 4.78 is 80.2. The Hall–Kier alpha value is -2.53. The van der Waals surface area contributed by atoms with E-state index < -0.39 is 35.7 Å². The van der Waals surface area contributed by atoms with Crippen molar-refractivity contribution in [2.75, 3.05) is 6.54 Å². The molecule has 0 aliphatic heterocycles. The lowest BCUT2D eigenvalue weighted by Crippen LogP contribution is -2.37. The summed E-state index contributed by atoms with van der Waals surface area (Å²) in [6.07, 6.45) is -6.36. The number of fused-ring (bicyclic) bond motifs is 1. The van der Waals surface area contributed by atoms with Gasteiger partial charge in [-0.25, -0.2) is 0 Å². The first kappa shape index (κ1) is 23.1. The van der Waals surface area contributed by atoms with Gasteiger partial charge in [-0.1, -0.05) is 13.8 Å². The summed E-state index contributed by atoms with van der Waals surface area (Å²) in [6.45, 7) is 3.69. The van der Waals surface area contributed by atoms with Crippen LogP contribution >= 0.6 is 0 Å². The maximum Gasteiger partial charge on any atom is 0.435 e. The van der Waals surface area contributed by atoms with E-state index >= 15 is 0 Å². The summed E-state index contributed by atoms with van der Waals surface area (Å²) in [5.74, 6) is -0.728. The Labute approximate surface area is 174 Å². The second-order valence-corrected chi connectivity index (χ2v) is 7.76. The zero-order valence-electron chi connectivity index (χ0n) is 17.0. The van der Waals surface area contributed by atoms with Crippen molar-refractivity contribution in [2.45, 2.75) is 64.5 Å². The molecule has 2 aromatic heterocycles. The van der Waals surface area contributed by atoms with E-state index in [2.05, 4.69) is 15.5 Å². The fraction of sp³-hybridized carbons (Fsp3) is 0.632. The fourth-order valence-corrected chi connectivity index (χ4v) is 3.81. The van der Waals surface area contributed by atoms with Gasteiger partial charge in [0, 0.05) is 30.5 Å². The number of nitrogens with one attached hydrogen (secondary N) is 1. The van der Waals surface area contributed by atoms with Crippen molar-refractivity contribution >= 4 is 5.91 Å². The number of alkyl halides is 6. The quantitative estimate of drug-likeness (QED) is 0.647. The highest BCUT2D eigenvalue weighted by Gasteiger charge is 2.41. The molecular formula is C19H23F6N5O. The first-order valence-electron chi connectivity index (χ1n) is 9.97. The Morgan fingerprint density at radius 2 is 1.87 bits per heavy atom. The Morgan fingerprint density at radius 3 is 2.45 bits per heavy atom. The number of halogens is 6. The maximum absolute atomic E-state index is 13.3. The van der Waals surface area contributed by atoms with Gasteiger partial charge in [0.15, 0.2) is 11.4 Å². The van der Waals surface area contributed by atoms with E-state index in [-0.39, 0.29) is 37.4 Å². The molecule has 31 heavy (non-hydrogen) atoms. The molecule has 1 aliphatic rings. The average Bonchev–Trinajstić information content (AvgIpc) is 3.36. The molecule has 0 fully saturated rings. The van der Waals surface area contributed by atoms with Crippen molar-refractivity contribution in [2.24, 2.45) is 5.92 Å². The topological polar surface area (TPSA) is 64.7 Å². The van der Waals surface area contributed by atoms with Gasteiger partial charge in [-0.05, 0) is 37.7 Å². The summed E-state index contributed by atoms with van der Waals surface area (Å²) >= 11 is 0. The molecule has 0 bridgehead atoms. The van der Waals surface area contributed by atoms with Gasteiger partial charge >= 0.3 is 12.4 Å². The van der Waals surface area contributed by atoms with Crippen LogP contribution in [-0.4, -0.2) is 32.0 Å². The number of rotatable bonds is 7. The van der Waals surface area contributed by atoms with Gasteiger partial charge < -0.3 is 5.32 Å². The molecular weight excluding hydrogens is 428 g/mol. The minimum absolute atomic E-state index is 0.131. The van der Waals surface area contributed by atoms with E-state index in [1.165, 1.54) is 10.9 Å². The van der Waals surface area contributed by atoms with Crippen LogP contribution in [0.1, 0.15) is 55.4 Å². The van der Waals surface area contributed by atoms with E-state index in [0.717, 1.165) is 10.7 Å². The molecule has 172 valence electrons. The number of hydrogen-bond acceptors (Lipinski definition) is 3. The number of aromatic nitrogens is 4. The van der Waals surface area contributed by atoms with Gasteiger partial charge in [-0.2, -0.15) is 36.5 Å². The predicted octanol–water partition coefficient (Wildman–Crippen LogP) is 4.01. The van der Waals surface area contributed by atoms with Crippen LogP contribution < -0.4 is 5.32 Å². The van der Waals surface area contributed by atoms with Crippen LogP contribution in [-0.2, 0) is 36.5 Å². The molecule has 1 amide bonds. The molecule has 1 N–H and O–H groups in total. The summed E-state index contributed by atoms with van der Waals surface area (Å²) in [6, 6.07) is -0.0220. The number of amides is 1. The molecule has 0 saturated carbocycles. The van der Waals surface area contributed by atoms with Gasteiger partial charge in [-0.3, -0.25) is 14.2 Å². The Kier molecular flexibility index (Phi) is 6.38. The van der Waals surface area contributed by atoms with Crippen LogP contribution in [0.25, 0.3) is 0 Å². The van der Waals surface area contributed by atoms with Crippen LogP contribution in [0.5, 0.6) is 0 Å². The minimum Gasteiger partial charge on any atom is -0.354 e. The monoisotopic (exact) mass is 451 g/mol. The zero-order chi connectivity index (χ0) is 23.0. The van der Waals surface area contributed by atoms with Gasteiger partial charge in [0.25, 0.3) is 0 Å². The normalized spacial score (nSPS) is 16.3. The van der Waals surface area contributed by atoms with Gasteiger partial charge in [0.05, 0.1) is 0 Å². The van der Waals surface area contributed by atoms with Crippen molar-refractivity contribution in [1.82, 2.24) is 24.9 Å². The minimum atomic E-state index is -4.58. The molecule has 2 heterocycles. The summed E-state index contributed by atoms with van der Waals surface area (Å²) in [5.41, 5.74) is -1.33. The van der Waals surface area contributed by atoms with Crippen molar-refractivity contribution < 1.29 is 31.1 Å². The van der Waals surface area contributed by atoms with Crippen molar-refractivity contribution in [3.63, 3.8) is 0 Å². The third kappa shape index (κ3) is 5.04. The summed E-state index contributed by atoms with van der Waals surface area (Å²) in [4.78, 5) is 12.7. The first-order valence-corrected chi connectivity index (χ1v) is 9.97. The van der Waals surface area contributed by atoms with E-state index in [9.17, 15) is 31.1 Å². The molecule has 1 aliphatic carbocycles. The average molecular weight is 451 g/mol. The fourth-order valence-electron chi connectivity index (χ4n) is 3.81. The third-order valence-corrected chi connectivity index (χ3v) is 5.27. The van der Waals surface area contributed by atoms with Crippen LogP contribution in [0.15, 0.2) is 12.3 Å². The molecule has 0 saturated heterocycles. The smallest absolute Gasteiger partial charge is 0.354 e. The molecule has 0 aromatic carbocycles. The van der Waals surface area contributed by atoms with E-state index in [1.807, 2.05) is 0 Å². The lowest BCUT2D eigenvalue weighted by atomic mass is 10.1. The van der Waals surface area contributed by atoms with Crippen LogP contribution in [0.4, 0.5) is 26.3 Å². The zero-order valence-corrected chi connectivity index (χ0v) is 17.0. The number of carbonyl (C=O) groups is 1. The second kappa shape index (κ2) is 8.54. The Bertz CT molecular complexity index is 929. The van der Waals surface area contributed by atoms with Crippen LogP contribution in [0.3, 0.4) is 0 Å². The first-order chi connectivity index (χ1) is 14.4. The predicted molar refractivity (Wildman–Crippen MR) is 98.0 cm³/mol. The number of nitrogens with zero attached hydrogens (tertiary/aromatic N) is 4. The van der Waals surface area contributed by atoms with E-state index in [4.69, 9.17) is 0 Å². The van der Waals surface area contributed by atoms with Gasteiger partial charge in [-0.15, -0.1) is 0 Å². The largest absolute Gasteiger partial charge is 0.435 e. The second-order valence-electron chi connectivity index (χ2n) is 7.76. The Balaban J connectivity index is 1.65. The van der Waals surface area contributed by atoms with Crippen LogP contribution in [0.2, 0.25) is 0 Å². The third-order valence-electron chi connectivity index (χ3n) is 5.27. The highest BCUT2D eigenvalue weighted by atomic mass is 19.4. The molecule has 2 aromatic rings. The SMILES string of the molecule is CC[C@H](C(=O)NC[C@H](C)Cn1ccc(C(F)(F)F)n1)n1nc(C(F)(F)F)c2c1CCC2. The van der Waals surface area contributed by atoms with Crippen molar-refractivity contribution in [1.29, 1.82) is 0 Å². The molecule has 2 atom stereocenters. The van der Waals surface area contributed by atoms with Gasteiger partial charge in [0.1, 0.15) is 6.04 Å². The molecule has 0 spiro atoms. The van der Waals surface area contributed by atoms with Crippen LogP contribution in [0, 0.1) is 5.92 Å². The highest BCUT2D eigenvalue weighted by molar-refractivity contribution is 5.80. The summed E-state index contributed by atoms with van der Waals surface area (Å²) in [5, 5.41) is 9.88. The molecule has 0 unspecified atom stereocenters. The van der Waals surface area contributed by atoms with Crippen molar-refractivity contribution in [3.05, 3.63) is 34.9 Å². The number of carbonyl (C=O) groups excluding carboxylic acids is 1. The van der Waals surface area contributed by atoms with E-state index in [0.29, 0.717) is 18.5 Å². The Morgan fingerprint density at radius 1 is 1.16 bits per heavy atom. The standard InChI is InChI=1S/C19H23F6N5O/c1-3-13(30-14-6-4-5-12(14)16(28-30)19(23,24)25)17(31)26-9-11(2)10-29-8-7-15(27-29)18(20,21)22/h7-8,11,13H,3-6,9-10H2,1-2H3,(H,26,31)/t11-,13+/m0/s1. The van der Waals surface area contributed by atoms with E-state index in [1.54, 1.807) is 13.8 Å². The molecule has 6 nitrogen and oxygen atoms in total. The molecule has 12 heteroatoms. The molecule has 0 radical (unpaired) electrons. The van der Waals surface area contributed by atoms with Gasteiger partial charge in [0.2, 0.25) is 5.91 Å². The highest BCUT2D eigenvalue weighted by Crippen LogP contribution is 2.37. The van der Waals surface area contributed by atoms with Crippen molar-refractivity contribution in [3.8, 4) is 0 Å².